The molecule has 0 atom stereocenters. The quantitative estimate of drug-likeness (QED) is 0.858. The topological polar surface area (TPSA) is 71.3 Å². The van der Waals surface area contributed by atoms with E-state index in [1.54, 1.807) is 0 Å². The summed E-state index contributed by atoms with van der Waals surface area (Å²) in [7, 11) is 0. The molecule has 2 heterocycles. The van der Waals surface area contributed by atoms with Crippen LogP contribution >= 0.6 is 0 Å². The molecular weight excluding hydrogens is 254 g/mol. The highest BCUT2D eigenvalue weighted by molar-refractivity contribution is 5.75. The molecule has 0 saturated heterocycles. The van der Waals surface area contributed by atoms with Gasteiger partial charge in [0.15, 0.2) is 11.5 Å². The molecule has 0 unspecified atom stereocenters. The van der Waals surface area contributed by atoms with E-state index in [4.69, 9.17) is 0 Å². The third kappa shape index (κ3) is 4.03. The molecule has 0 radical (unpaired) electrons. The second-order valence-corrected chi connectivity index (χ2v) is 5.75. The third-order valence-corrected chi connectivity index (χ3v) is 2.84. The highest BCUT2D eigenvalue weighted by Crippen LogP contribution is 2.02. The number of carbonyl (C=O) groups excluding carboxylic acids is 1. The molecule has 0 bridgehead atoms. The number of fused-ring (bicyclic) bond motifs is 1. The first kappa shape index (κ1) is 14.5. The van der Waals surface area contributed by atoms with E-state index in [1.165, 1.54) is 0 Å². The van der Waals surface area contributed by atoms with Gasteiger partial charge in [-0.1, -0.05) is 6.07 Å². The van der Waals surface area contributed by atoms with Gasteiger partial charge in [-0.3, -0.25) is 9.20 Å². The Kier molecular flexibility index (Phi) is 4.34. The number of pyridine rings is 1. The number of nitrogens with one attached hydrogen (secondary N) is 2. The minimum absolute atomic E-state index is 0.00873. The number of carbonyl (C=O) groups is 1. The number of nitrogens with zero attached hydrogens (tertiary/aromatic N) is 3. The number of aromatic nitrogens is 3. The molecule has 2 aromatic rings. The molecule has 2 rings (SSSR count). The van der Waals surface area contributed by atoms with Gasteiger partial charge in [-0.05, 0) is 32.9 Å². The Labute approximate surface area is 118 Å². The van der Waals surface area contributed by atoms with Crippen molar-refractivity contribution >= 4 is 11.6 Å². The molecule has 0 aliphatic rings. The lowest BCUT2D eigenvalue weighted by molar-refractivity contribution is -0.121. The maximum atomic E-state index is 11.8. The van der Waals surface area contributed by atoms with Crippen molar-refractivity contribution in [2.45, 2.75) is 39.3 Å². The molecule has 2 aromatic heterocycles. The zero-order valence-electron chi connectivity index (χ0n) is 12.2. The standard InChI is InChI=1S/C14H21N5O/c1-14(2,3)16-8-7-13(20)15-10-12-18-17-11-6-4-5-9-19(11)12/h4-6,9,16H,7-8,10H2,1-3H3,(H,15,20). The number of hydrogen-bond acceptors (Lipinski definition) is 4. The lowest BCUT2D eigenvalue weighted by atomic mass is 10.1. The Morgan fingerprint density at radius 1 is 1.30 bits per heavy atom. The van der Waals surface area contributed by atoms with Crippen LogP contribution in [0, 0.1) is 0 Å². The van der Waals surface area contributed by atoms with Gasteiger partial charge in [0.25, 0.3) is 0 Å². The maximum Gasteiger partial charge on any atom is 0.221 e. The summed E-state index contributed by atoms with van der Waals surface area (Å²) in [5.41, 5.74) is 0.815. The second kappa shape index (κ2) is 6.00. The Morgan fingerprint density at radius 2 is 2.10 bits per heavy atom. The van der Waals surface area contributed by atoms with Crippen LogP contribution in [0.25, 0.3) is 5.65 Å². The molecule has 2 N–H and O–H groups in total. The Hall–Kier alpha value is -1.95. The Morgan fingerprint density at radius 3 is 2.85 bits per heavy atom. The molecule has 108 valence electrons. The normalized spacial score (nSPS) is 11.8. The summed E-state index contributed by atoms with van der Waals surface area (Å²) in [5, 5.41) is 14.3. The average molecular weight is 275 g/mol. The van der Waals surface area contributed by atoms with Crippen molar-refractivity contribution in [1.82, 2.24) is 25.2 Å². The molecular formula is C14H21N5O. The van der Waals surface area contributed by atoms with Crippen LogP contribution in [-0.4, -0.2) is 32.6 Å². The zero-order valence-corrected chi connectivity index (χ0v) is 12.2. The molecule has 6 nitrogen and oxygen atoms in total. The van der Waals surface area contributed by atoms with Gasteiger partial charge in [-0.2, -0.15) is 0 Å². The number of rotatable bonds is 5. The van der Waals surface area contributed by atoms with Gasteiger partial charge in [-0.15, -0.1) is 10.2 Å². The Bertz CT molecular complexity index is 585. The van der Waals surface area contributed by atoms with Crippen LogP contribution in [0.1, 0.15) is 33.0 Å². The van der Waals surface area contributed by atoms with Crippen LogP contribution in [-0.2, 0) is 11.3 Å². The monoisotopic (exact) mass is 275 g/mol. The van der Waals surface area contributed by atoms with E-state index in [2.05, 4.69) is 41.6 Å². The first-order chi connectivity index (χ1) is 9.46. The molecule has 0 aliphatic heterocycles. The Balaban J connectivity index is 1.82. The summed E-state index contributed by atoms with van der Waals surface area (Å²) in [6.07, 6.45) is 2.34. The van der Waals surface area contributed by atoms with Gasteiger partial charge in [0, 0.05) is 24.7 Å². The van der Waals surface area contributed by atoms with E-state index < -0.39 is 0 Å². The number of hydrogen-bond donors (Lipinski definition) is 2. The van der Waals surface area contributed by atoms with E-state index in [0.29, 0.717) is 19.5 Å². The van der Waals surface area contributed by atoms with Gasteiger partial charge in [0.2, 0.25) is 5.91 Å². The second-order valence-electron chi connectivity index (χ2n) is 5.75. The minimum Gasteiger partial charge on any atom is -0.349 e. The number of amides is 1. The molecule has 0 spiro atoms. The summed E-state index contributed by atoms with van der Waals surface area (Å²) >= 11 is 0. The lowest BCUT2D eigenvalue weighted by Crippen LogP contribution is -2.38. The van der Waals surface area contributed by atoms with E-state index in [-0.39, 0.29) is 11.4 Å². The summed E-state index contributed by atoms with van der Waals surface area (Å²) in [5.74, 6) is 0.743. The first-order valence-electron chi connectivity index (χ1n) is 6.76. The van der Waals surface area contributed by atoms with Crippen molar-refractivity contribution in [3.63, 3.8) is 0 Å². The van der Waals surface area contributed by atoms with Gasteiger partial charge in [0.1, 0.15) is 0 Å². The average Bonchev–Trinajstić information content (AvgIpc) is 2.78. The lowest BCUT2D eigenvalue weighted by Gasteiger charge is -2.20. The molecule has 0 saturated carbocycles. The predicted molar refractivity (Wildman–Crippen MR) is 77.2 cm³/mol. The molecule has 6 heteroatoms. The molecule has 1 amide bonds. The van der Waals surface area contributed by atoms with Crippen LogP contribution in [0.15, 0.2) is 24.4 Å². The fourth-order valence-electron chi connectivity index (χ4n) is 1.83. The zero-order chi connectivity index (χ0) is 14.6. The minimum atomic E-state index is 0.00873. The van der Waals surface area contributed by atoms with Gasteiger partial charge < -0.3 is 10.6 Å². The molecule has 0 aromatic carbocycles. The van der Waals surface area contributed by atoms with Gasteiger partial charge in [-0.25, -0.2) is 0 Å². The van der Waals surface area contributed by atoms with Crippen molar-refractivity contribution < 1.29 is 4.79 Å². The highest BCUT2D eigenvalue weighted by Gasteiger charge is 2.10. The molecule has 0 fully saturated rings. The van der Waals surface area contributed by atoms with Crippen molar-refractivity contribution in [3.8, 4) is 0 Å². The summed E-state index contributed by atoms with van der Waals surface area (Å²) < 4.78 is 1.87. The largest absolute Gasteiger partial charge is 0.349 e. The van der Waals surface area contributed by atoms with Crippen molar-refractivity contribution in [1.29, 1.82) is 0 Å². The fourth-order valence-corrected chi connectivity index (χ4v) is 1.83. The van der Waals surface area contributed by atoms with Gasteiger partial charge in [0.05, 0.1) is 6.54 Å². The van der Waals surface area contributed by atoms with E-state index in [9.17, 15) is 4.79 Å². The van der Waals surface area contributed by atoms with Crippen molar-refractivity contribution in [2.24, 2.45) is 0 Å². The van der Waals surface area contributed by atoms with E-state index in [1.807, 2.05) is 28.8 Å². The summed E-state index contributed by atoms with van der Waals surface area (Å²) in [6, 6.07) is 5.70. The van der Waals surface area contributed by atoms with Crippen LogP contribution in [0.5, 0.6) is 0 Å². The van der Waals surface area contributed by atoms with Crippen molar-refractivity contribution in [3.05, 3.63) is 30.2 Å². The third-order valence-electron chi connectivity index (χ3n) is 2.84. The maximum absolute atomic E-state index is 11.8. The molecule has 0 aliphatic carbocycles. The van der Waals surface area contributed by atoms with Crippen LogP contribution in [0.3, 0.4) is 0 Å². The van der Waals surface area contributed by atoms with E-state index in [0.717, 1.165) is 11.5 Å². The van der Waals surface area contributed by atoms with Crippen LogP contribution in [0.2, 0.25) is 0 Å². The van der Waals surface area contributed by atoms with Gasteiger partial charge >= 0.3 is 0 Å². The molecule has 20 heavy (non-hydrogen) atoms. The summed E-state index contributed by atoms with van der Waals surface area (Å²) in [6.45, 7) is 7.28. The SMILES string of the molecule is CC(C)(C)NCCC(=O)NCc1nnc2ccccn12. The van der Waals surface area contributed by atoms with Crippen molar-refractivity contribution in [2.75, 3.05) is 6.54 Å². The van der Waals surface area contributed by atoms with E-state index >= 15 is 0 Å². The predicted octanol–water partition coefficient (Wildman–Crippen LogP) is 1.12. The highest BCUT2D eigenvalue weighted by atomic mass is 16.1. The fraction of sp³-hybridized carbons (Fsp3) is 0.500. The first-order valence-corrected chi connectivity index (χ1v) is 6.76. The van der Waals surface area contributed by atoms with Crippen LogP contribution in [0.4, 0.5) is 0 Å². The van der Waals surface area contributed by atoms with Crippen LogP contribution < -0.4 is 10.6 Å². The smallest absolute Gasteiger partial charge is 0.221 e. The summed E-state index contributed by atoms with van der Waals surface area (Å²) in [4.78, 5) is 11.8.